The lowest BCUT2D eigenvalue weighted by Crippen LogP contribution is -2.53. The van der Waals surface area contributed by atoms with Gasteiger partial charge in [0.2, 0.25) is 0 Å². The summed E-state index contributed by atoms with van der Waals surface area (Å²) in [5, 5.41) is 2.81. The number of piperazine rings is 1. The molecule has 0 aromatic heterocycles. The minimum Gasteiger partial charge on any atom is -0.399 e. The zero-order valence-electron chi connectivity index (χ0n) is 11.4. The molecular weight excluding hydrogens is 256 g/mol. The molecule has 20 heavy (non-hydrogen) atoms. The number of aryl methyl sites for hydroxylation is 1. The number of nitrogens with two attached hydrogens (primary N) is 1. The molecule has 1 aromatic rings. The van der Waals surface area contributed by atoms with Crippen LogP contribution in [0, 0.1) is 6.92 Å². The lowest BCUT2D eigenvalue weighted by Gasteiger charge is -2.36. The number of benzene rings is 1. The van der Waals surface area contributed by atoms with Crippen LogP contribution in [-0.4, -0.2) is 54.0 Å². The van der Waals surface area contributed by atoms with E-state index in [4.69, 9.17) is 5.73 Å². The standard InChI is InChI=1S/C14H18N4O2/c1-9-2-3-10(15)6-12(9)13(19)17-4-5-18-11(8-17)7-16-14(18)20/h2-3,6,11H,4-5,7-8,15H2,1H3,(H,16,20). The second kappa shape index (κ2) is 4.70. The van der Waals surface area contributed by atoms with Crippen LogP contribution in [0.25, 0.3) is 0 Å². The van der Waals surface area contributed by atoms with Crippen LogP contribution in [0.4, 0.5) is 10.5 Å². The predicted octanol–water partition coefficient (Wildman–Crippen LogP) is 0.427. The van der Waals surface area contributed by atoms with Crippen molar-refractivity contribution >= 4 is 17.6 Å². The Bertz CT molecular complexity index is 572. The van der Waals surface area contributed by atoms with Gasteiger partial charge in [0.25, 0.3) is 5.91 Å². The smallest absolute Gasteiger partial charge is 0.317 e. The average molecular weight is 274 g/mol. The number of carbonyl (C=O) groups is 2. The van der Waals surface area contributed by atoms with Gasteiger partial charge in [-0.3, -0.25) is 4.79 Å². The summed E-state index contributed by atoms with van der Waals surface area (Å²) in [4.78, 5) is 27.7. The largest absolute Gasteiger partial charge is 0.399 e. The van der Waals surface area contributed by atoms with E-state index in [0.29, 0.717) is 37.4 Å². The maximum absolute atomic E-state index is 12.6. The molecule has 1 aromatic carbocycles. The van der Waals surface area contributed by atoms with Gasteiger partial charge in [-0.25, -0.2) is 4.79 Å². The van der Waals surface area contributed by atoms with Gasteiger partial charge in [0.15, 0.2) is 0 Å². The summed E-state index contributed by atoms with van der Waals surface area (Å²) >= 11 is 0. The first-order valence-electron chi connectivity index (χ1n) is 6.76. The van der Waals surface area contributed by atoms with E-state index in [0.717, 1.165) is 5.56 Å². The molecule has 6 heteroatoms. The van der Waals surface area contributed by atoms with Crippen LogP contribution in [0.5, 0.6) is 0 Å². The van der Waals surface area contributed by atoms with Crippen molar-refractivity contribution in [2.24, 2.45) is 0 Å². The van der Waals surface area contributed by atoms with E-state index in [2.05, 4.69) is 5.32 Å². The van der Waals surface area contributed by atoms with Crippen molar-refractivity contribution < 1.29 is 9.59 Å². The number of hydrogen-bond donors (Lipinski definition) is 2. The van der Waals surface area contributed by atoms with Crippen LogP contribution in [-0.2, 0) is 0 Å². The van der Waals surface area contributed by atoms with Crippen molar-refractivity contribution in [2.45, 2.75) is 13.0 Å². The van der Waals surface area contributed by atoms with Crippen molar-refractivity contribution in [3.8, 4) is 0 Å². The summed E-state index contributed by atoms with van der Waals surface area (Å²) in [6.07, 6.45) is 0. The molecule has 2 aliphatic rings. The predicted molar refractivity (Wildman–Crippen MR) is 75.4 cm³/mol. The lowest BCUT2D eigenvalue weighted by atomic mass is 10.1. The third-order valence-corrected chi connectivity index (χ3v) is 4.01. The van der Waals surface area contributed by atoms with Gasteiger partial charge in [0, 0.05) is 37.4 Å². The van der Waals surface area contributed by atoms with Crippen molar-refractivity contribution in [1.29, 1.82) is 0 Å². The van der Waals surface area contributed by atoms with Crippen molar-refractivity contribution in [1.82, 2.24) is 15.1 Å². The van der Waals surface area contributed by atoms with Gasteiger partial charge in [-0.05, 0) is 24.6 Å². The topological polar surface area (TPSA) is 78.7 Å². The molecule has 1 unspecified atom stereocenters. The fourth-order valence-corrected chi connectivity index (χ4v) is 2.83. The molecule has 2 saturated heterocycles. The van der Waals surface area contributed by atoms with Crippen LogP contribution >= 0.6 is 0 Å². The average Bonchev–Trinajstić information content (AvgIpc) is 2.82. The van der Waals surface area contributed by atoms with Crippen LogP contribution < -0.4 is 11.1 Å². The maximum Gasteiger partial charge on any atom is 0.317 e. The van der Waals surface area contributed by atoms with Crippen molar-refractivity contribution in [2.75, 3.05) is 31.9 Å². The number of amides is 3. The number of nitrogens with one attached hydrogen (secondary N) is 1. The summed E-state index contributed by atoms with van der Waals surface area (Å²) in [5.41, 5.74) is 7.93. The van der Waals surface area contributed by atoms with E-state index < -0.39 is 0 Å². The second-order valence-corrected chi connectivity index (χ2v) is 5.36. The van der Waals surface area contributed by atoms with Gasteiger partial charge < -0.3 is 20.9 Å². The van der Waals surface area contributed by atoms with Gasteiger partial charge in [0.05, 0.1) is 6.04 Å². The minimum absolute atomic E-state index is 0.00574. The molecule has 1 atom stereocenters. The summed E-state index contributed by atoms with van der Waals surface area (Å²) in [6.45, 7) is 4.24. The molecule has 3 rings (SSSR count). The van der Waals surface area contributed by atoms with Gasteiger partial charge in [-0.1, -0.05) is 6.07 Å². The van der Waals surface area contributed by atoms with Crippen molar-refractivity contribution in [3.05, 3.63) is 29.3 Å². The number of anilines is 1. The van der Waals surface area contributed by atoms with E-state index >= 15 is 0 Å². The first-order chi connectivity index (χ1) is 9.56. The molecule has 0 spiro atoms. The van der Waals surface area contributed by atoms with Crippen LogP contribution in [0.1, 0.15) is 15.9 Å². The third-order valence-electron chi connectivity index (χ3n) is 4.01. The summed E-state index contributed by atoms with van der Waals surface area (Å²) in [7, 11) is 0. The Morgan fingerprint density at radius 3 is 3.00 bits per heavy atom. The number of urea groups is 1. The Morgan fingerprint density at radius 2 is 2.20 bits per heavy atom. The zero-order chi connectivity index (χ0) is 14.3. The van der Waals surface area contributed by atoms with Gasteiger partial charge in [-0.2, -0.15) is 0 Å². The Kier molecular flexibility index (Phi) is 3.00. The molecule has 2 fully saturated rings. The Morgan fingerprint density at radius 1 is 1.40 bits per heavy atom. The van der Waals surface area contributed by atoms with Crippen LogP contribution in [0.3, 0.4) is 0 Å². The fourth-order valence-electron chi connectivity index (χ4n) is 2.83. The monoisotopic (exact) mass is 274 g/mol. The third kappa shape index (κ3) is 2.07. The molecule has 0 saturated carbocycles. The highest BCUT2D eigenvalue weighted by molar-refractivity contribution is 5.96. The molecule has 3 N–H and O–H groups in total. The van der Waals surface area contributed by atoms with Gasteiger partial charge >= 0.3 is 6.03 Å². The Hall–Kier alpha value is -2.24. The van der Waals surface area contributed by atoms with Gasteiger partial charge in [-0.15, -0.1) is 0 Å². The molecule has 0 aliphatic carbocycles. The molecule has 2 aliphatic heterocycles. The molecular formula is C14H18N4O2. The molecule has 0 radical (unpaired) electrons. The number of hydrogen-bond acceptors (Lipinski definition) is 3. The number of nitrogens with zero attached hydrogens (tertiary/aromatic N) is 2. The normalized spacial score (nSPS) is 21.6. The van der Waals surface area contributed by atoms with Crippen LogP contribution in [0.15, 0.2) is 18.2 Å². The van der Waals surface area contributed by atoms with Crippen molar-refractivity contribution in [3.63, 3.8) is 0 Å². The molecule has 0 bridgehead atoms. The maximum atomic E-state index is 12.6. The van der Waals surface area contributed by atoms with Crippen LogP contribution in [0.2, 0.25) is 0 Å². The highest BCUT2D eigenvalue weighted by Gasteiger charge is 2.37. The number of carbonyl (C=O) groups excluding carboxylic acids is 2. The highest BCUT2D eigenvalue weighted by Crippen LogP contribution is 2.19. The molecule has 2 heterocycles. The summed E-state index contributed by atoms with van der Waals surface area (Å²) < 4.78 is 0. The number of rotatable bonds is 1. The first-order valence-corrected chi connectivity index (χ1v) is 6.76. The quantitative estimate of drug-likeness (QED) is 0.729. The molecule has 106 valence electrons. The van der Waals surface area contributed by atoms with E-state index in [9.17, 15) is 9.59 Å². The van der Waals surface area contributed by atoms with Gasteiger partial charge in [0.1, 0.15) is 0 Å². The Balaban J connectivity index is 1.78. The Labute approximate surface area is 117 Å². The van der Waals surface area contributed by atoms with E-state index in [1.807, 2.05) is 17.9 Å². The minimum atomic E-state index is -0.0257. The molecule has 6 nitrogen and oxygen atoms in total. The highest BCUT2D eigenvalue weighted by atomic mass is 16.2. The SMILES string of the molecule is Cc1ccc(N)cc1C(=O)N1CCN2C(=O)NCC2C1. The zero-order valence-corrected chi connectivity index (χ0v) is 11.4. The number of fused-ring (bicyclic) bond motifs is 1. The lowest BCUT2D eigenvalue weighted by molar-refractivity contribution is 0.0616. The molecule has 3 amide bonds. The summed E-state index contributed by atoms with van der Waals surface area (Å²) in [5.74, 6) is -0.00574. The van der Waals surface area contributed by atoms with E-state index in [1.54, 1.807) is 17.0 Å². The first kappa shape index (κ1) is 12.8. The fraction of sp³-hybridized carbons (Fsp3) is 0.429. The number of nitrogen functional groups attached to an aromatic ring is 1. The second-order valence-electron chi connectivity index (χ2n) is 5.36. The van der Waals surface area contributed by atoms with E-state index in [1.165, 1.54) is 0 Å². The van der Waals surface area contributed by atoms with E-state index in [-0.39, 0.29) is 18.0 Å². The summed E-state index contributed by atoms with van der Waals surface area (Å²) in [6, 6.07) is 5.44.